The summed E-state index contributed by atoms with van der Waals surface area (Å²) in [6.45, 7) is 2.61. The molecule has 106 valence electrons. The van der Waals surface area contributed by atoms with Crippen LogP contribution in [0.2, 0.25) is 0 Å². The van der Waals surface area contributed by atoms with E-state index in [0.717, 1.165) is 31.6 Å². The van der Waals surface area contributed by atoms with Crippen LogP contribution in [0.4, 0.5) is 0 Å². The maximum Gasteiger partial charge on any atom is 0.157 e. The van der Waals surface area contributed by atoms with E-state index in [4.69, 9.17) is 19.9 Å². The highest BCUT2D eigenvalue weighted by atomic mass is 16.7. The highest BCUT2D eigenvalue weighted by molar-refractivity contribution is 5.27. The van der Waals surface area contributed by atoms with Gasteiger partial charge in [0.05, 0.1) is 6.61 Å². The second-order valence-electron chi connectivity index (χ2n) is 4.70. The first-order chi connectivity index (χ1) is 9.38. The Hall–Kier alpha value is -1.10. The maximum atomic E-state index is 5.62. The van der Waals surface area contributed by atoms with Gasteiger partial charge in [-0.25, -0.2) is 0 Å². The summed E-state index contributed by atoms with van der Waals surface area (Å²) in [6, 6.07) is 8.05. The Morgan fingerprint density at radius 1 is 1.16 bits per heavy atom. The first-order valence-electron chi connectivity index (χ1n) is 7.03. The van der Waals surface area contributed by atoms with Gasteiger partial charge in [0.15, 0.2) is 6.29 Å². The van der Waals surface area contributed by atoms with Gasteiger partial charge in [0.2, 0.25) is 0 Å². The lowest BCUT2D eigenvalue weighted by Gasteiger charge is -2.22. The van der Waals surface area contributed by atoms with E-state index in [1.165, 1.54) is 12.0 Å². The van der Waals surface area contributed by atoms with Crippen LogP contribution in [-0.2, 0) is 15.9 Å². The fraction of sp³-hybridized carbons (Fsp3) is 0.600. The summed E-state index contributed by atoms with van der Waals surface area (Å²) in [5, 5.41) is 0. The van der Waals surface area contributed by atoms with Crippen molar-refractivity contribution in [2.24, 2.45) is 5.73 Å². The van der Waals surface area contributed by atoms with Crippen molar-refractivity contribution in [3.63, 3.8) is 0 Å². The van der Waals surface area contributed by atoms with E-state index in [1.807, 2.05) is 24.3 Å². The monoisotopic (exact) mass is 265 g/mol. The molecule has 0 amide bonds. The highest BCUT2D eigenvalue weighted by Gasteiger charge is 2.13. The van der Waals surface area contributed by atoms with Crippen molar-refractivity contribution in [1.82, 2.24) is 0 Å². The second-order valence-corrected chi connectivity index (χ2v) is 4.70. The molecule has 1 atom stereocenters. The Morgan fingerprint density at radius 3 is 2.68 bits per heavy atom. The van der Waals surface area contributed by atoms with E-state index in [2.05, 4.69) is 0 Å². The third-order valence-electron chi connectivity index (χ3n) is 3.15. The molecule has 1 saturated heterocycles. The van der Waals surface area contributed by atoms with Gasteiger partial charge in [0, 0.05) is 6.61 Å². The minimum Gasteiger partial charge on any atom is -0.491 e. The lowest BCUT2D eigenvalue weighted by atomic mass is 10.1. The van der Waals surface area contributed by atoms with Gasteiger partial charge in [0.25, 0.3) is 0 Å². The molecule has 1 unspecified atom stereocenters. The van der Waals surface area contributed by atoms with E-state index in [9.17, 15) is 0 Å². The Labute approximate surface area is 114 Å². The third-order valence-corrected chi connectivity index (χ3v) is 3.15. The zero-order valence-corrected chi connectivity index (χ0v) is 11.3. The fourth-order valence-corrected chi connectivity index (χ4v) is 2.10. The van der Waals surface area contributed by atoms with Crippen molar-refractivity contribution in [2.45, 2.75) is 32.0 Å². The summed E-state index contributed by atoms with van der Waals surface area (Å²) in [4.78, 5) is 0. The van der Waals surface area contributed by atoms with Crippen LogP contribution in [0.3, 0.4) is 0 Å². The van der Waals surface area contributed by atoms with Crippen molar-refractivity contribution in [2.75, 3.05) is 26.4 Å². The van der Waals surface area contributed by atoms with Gasteiger partial charge in [-0.2, -0.15) is 0 Å². The molecule has 2 N–H and O–H groups in total. The van der Waals surface area contributed by atoms with Crippen LogP contribution in [-0.4, -0.2) is 32.7 Å². The fourth-order valence-electron chi connectivity index (χ4n) is 2.10. The van der Waals surface area contributed by atoms with Crippen LogP contribution >= 0.6 is 0 Å². The minimum absolute atomic E-state index is 0.0377. The van der Waals surface area contributed by atoms with Crippen LogP contribution in [0.1, 0.15) is 24.8 Å². The lowest BCUT2D eigenvalue weighted by molar-refractivity contribution is -0.165. The first kappa shape index (κ1) is 14.3. The molecular weight excluding hydrogens is 242 g/mol. The number of hydrogen-bond donors (Lipinski definition) is 1. The summed E-state index contributed by atoms with van der Waals surface area (Å²) < 4.78 is 16.7. The molecule has 1 aliphatic heterocycles. The SMILES string of the molecule is NCCc1ccc(OCCOC2CCCCO2)cc1. The van der Waals surface area contributed by atoms with Crippen molar-refractivity contribution in [3.8, 4) is 5.75 Å². The largest absolute Gasteiger partial charge is 0.491 e. The predicted octanol–water partition coefficient (Wildman–Crippen LogP) is 2.11. The highest BCUT2D eigenvalue weighted by Crippen LogP contribution is 2.14. The van der Waals surface area contributed by atoms with Crippen LogP contribution in [0, 0.1) is 0 Å². The third kappa shape index (κ3) is 5.19. The normalized spacial score (nSPS) is 19.3. The van der Waals surface area contributed by atoms with Gasteiger partial charge in [-0.05, 0) is 49.9 Å². The minimum atomic E-state index is -0.0377. The molecule has 0 radical (unpaired) electrons. The van der Waals surface area contributed by atoms with Crippen LogP contribution < -0.4 is 10.5 Å². The van der Waals surface area contributed by atoms with Crippen molar-refractivity contribution in [1.29, 1.82) is 0 Å². The molecule has 19 heavy (non-hydrogen) atoms. The molecule has 0 saturated carbocycles. The van der Waals surface area contributed by atoms with Gasteiger partial charge in [-0.15, -0.1) is 0 Å². The zero-order valence-electron chi connectivity index (χ0n) is 11.3. The van der Waals surface area contributed by atoms with Gasteiger partial charge >= 0.3 is 0 Å². The molecule has 2 rings (SSSR count). The van der Waals surface area contributed by atoms with E-state index in [0.29, 0.717) is 19.8 Å². The summed E-state index contributed by atoms with van der Waals surface area (Å²) in [5.41, 5.74) is 6.75. The van der Waals surface area contributed by atoms with E-state index in [-0.39, 0.29) is 6.29 Å². The smallest absolute Gasteiger partial charge is 0.157 e. The molecule has 0 spiro atoms. The van der Waals surface area contributed by atoms with Gasteiger partial charge in [0.1, 0.15) is 12.4 Å². The van der Waals surface area contributed by atoms with Gasteiger partial charge in [-0.1, -0.05) is 12.1 Å². The Bertz CT molecular complexity index is 347. The molecule has 0 aliphatic carbocycles. The number of nitrogens with two attached hydrogens (primary N) is 1. The van der Waals surface area contributed by atoms with Crippen molar-refractivity contribution in [3.05, 3.63) is 29.8 Å². The molecule has 0 aromatic heterocycles. The lowest BCUT2D eigenvalue weighted by Crippen LogP contribution is -2.24. The number of ether oxygens (including phenoxy) is 3. The molecule has 1 heterocycles. The quantitative estimate of drug-likeness (QED) is 0.767. The average Bonchev–Trinajstić information content (AvgIpc) is 2.47. The summed E-state index contributed by atoms with van der Waals surface area (Å²) >= 11 is 0. The molecule has 0 bridgehead atoms. The molecule has 1 fully saturated rings. The topological polar surface area (TPSA) is 53.7 Å². The van der Waals surface area contributed by atoms with E-state index < -0.39 is 0 Å². The molecule has 4 nitrogen and oxygen atoms in total. The second kappa shape index (κ2) is 8.15. The number of rotatable bonds is 7. The number of benzene rings is 1. The Morgan fingerprint density at radius 2 is 2.00 bits per heavy atom. The average molecular weight is 265 g/mol. The van der Waals surface area contributed by atoms with Crippen LogP contribution in [0.25, 0.3) is 0 Å². The van der Waals surface area contributed by atoms with Crippen LogP contribution in [0.5, 0.6) is 5.75 Å². The molecular formula is C15H23NO3. The summed E-state index contributed by atoms with van der Waals surface area (Å²) in [6.07, 6.45) is 4.19. The number of hydrogen-bond acceptors (Lipinski definition) is 4. The predicted molar refractivity (Wildman–Crippen MR) is 74.2 cm³/mol. The maximum absolute atomic E-state index is 5.62. The van der Waals surface area contributed by atoms with Crippen molar-refractivity contribution >= 4 is 0 Å². The Kier molecular flexibility index (Phi) is 6.14. The van der Waals surface area contributed by atoms with E-state index in [1.54, 1.807) is 0 Å². The van der Waals surface area contributed by atoms with Gasteiger partial charge < -0.3 is 19.9 Å². The first-order valence-corrected chi connectivity index (χ1v) is 7.03. The van der Waals surface area contributed by atoms with Crippen molar-refractivity contribution < 1.29 is 14.2 Å². The summed E-state index contributed by atoms with van der Waals surface area (Å²) in [5.74, 6) is 0.869. The molecule has 4 heteroatoms. The van der Waals surface area contributed by atoms with E-state index >= 15 is 0 Å². The summed E-state index contributed by atoms with van der Waals surface area (Å²) in [7, 11) is 0. The standard InChI is InChI=1S/C15H23NO3/c16-9-8-13-4-6-14(7-5-13)17-11-12-19-15-3-1-2-10-18-15/h4-7,15H,1-3,8-12,16H2. The molecule has 1 aliphatic rings. The molecule has 1 aromatic carbocycles. The molecule has 1 aromatic rings. The van der Waals surface area contributed by atoms with Gasteiger partial charge in [-0.3, -0.25) is 0 Å². The Balaban J connectivity index is 1.62. The van der Waals surface area contributed by atoms with Crippen LogP contribution in [0.15, 0.2) is 24.3 Å². The zero-order chi connectivity index (χ0) is 13.3.